The fraction of sp³-hybridized carbons (Fsp3) is 0.0952. The van der Waals surface area contributed by atoms with E-state index in [2.05, 4.69) is 10.1 Å². The Balaban J connectivity index is 1.63. The van der Waals surface area contributed by atoms with Crippen molar-refractivity contribution >= 4 is 34.2 Å². The highest BCUT2D eigenvalue weighted by Crippen LogP contribution is 2.31. The molecule has 0 saturated carbocycles. The molecule has 1 aromatic heterocycles. The van der Waals surface area contributed by atoms with Crippen LogP contribution in [0.15, 0.2) is 70.7 Å². The highest BCUT2D eigenvalue weighted by Gasteiger charge is 2.30. The van der Waals surface area contributed by atoms with E-state index in [9.17, 15) is 4.79 Å². The zero-order valence-corrected chi connectivity index (χ0v) is 15.3. The molecule has 0 fully saturated rings. The molecule has 2 aromatic carbocycles. The minimum atomic E-state index is -0.142. The summed E-state index contributed by atoms with van der Waals surface area (Å²) in [5.41, 5.74) is 5.35. The van der Waals surface area contributed by atoms with Gasteiger partial charge >= 0.3 is 0 Å². The van der Waals surface area contributed by atoms with Gasteiger partial charge in [0.1, 0.15) is 0 Å². The molecule has 5 heteroatoms. The van der Waals surface area contributed by atoms with Gasteiger partial charge in [0, 0.05) is 10.9 Å². The second-order valence-corrected chi connectivity index (χ2v) is 6.99. The normalized spacial score (nSPS) is 15.6. The number of nitrogens with zero attached hydrogens (tertiary/aromatic N) is 3. The first-order chi connectivity index (χ1) is 12.6. The van der Waals surface area contributed by atoms with Crippen molar-refractivity contribution in [2.24, 2.45) is 5.10 Å². The van der Waals surface area contributed by atoms with Gasteiger partial charge in [0.2, 0.25) is 5.13 Å². The molecule has 4 nitrogen and oxygen atoms in total. The molecule has 2 heterocycles. The van der Waals surface area contributed by atoms with Gasteiger partial charge in [0.05, 0.1) is 17.0 Å². The van der Waals surface area contributed by atoms with Gasteiger partial charge in [-0.25, -0.2) is 4.98 Å². The van der Waals surface area contributed by atoms with Crippen molar-refractivity contribution < 1.29 is 4.79 Å². The third-order valence-electron chi connectivity index (χ3n) is 4.19. The molecule has 26 heavy (non-hydrogen) atoms. The van der Waals surface area contributed by atoms with Gasteiger partial charge in [-0.05, 0) is 25.5 Å². The molecule has 0 N–H and O–H groups in total. The Kier molecular flexibility index (Phi) is 4.22. The quantitative estimate of drug-likeness (QED) is 0.623. The highest BCUT2D eigenvalue weighted by atomic mass is 32.1. The second kappa shape index (κ2) is 6.69. The molecule has 1 aliphatic rings. The molecule has 0 bridgehead atoms. The summed E-state index contributed by atoms with van der Waals surface area (Å²) >= 11 is 1.42. The molecule has 0 atom stereocenters. The lowest BCUT2D eigenvalue weighted by Crippen LogP contribution is -2.21. The fourth-order valence-corrected chi connectivity index (χ4v) is 3.53. The lowest BCUT2D eigenvalue weighted by Gasteiger charge is -2.07. The maximum atomic E-state index is 12.8. The Labute approximate surface area is 156 Å². The van der Waals surface area contributed by atoms with Gasteiger partial charge < -0.3 is 0 Å². The number of hydrogen-bond donors (Lipinski definition) is 0. The van der Waals surface area contributed by atoms with Crippen LogP contribution >= 0.6 is 11.3 Å². The third kappa shape index (κ3) is 3.09. The first-order valence-corrected chi connectivity index (χ1v) is 9.19. The summed E-state index contributed by atoms with van der Waals surface area (Å²) in [5, 5.41) is 8.35. The van der Waals surface area contributed by atoms with Crippen molar-refractivity contribution in [3.8, 4) is 11.3 Å². The van der Waals surface area contributed by atoms with E-state index in [1.54, 1.807) is 0 Å². The highest BCUT2D eigenvalue weighted by molar-refractivity contribution is 7.14. The largest absolute Gasteiger partial charge is 0.282 e. The van der Waals surface area contributed by atoms with Crippen molar-refractivity contribution in [2.75, 3.05) is 5.01 Å². The standard InChI is InChI=1S/C21H17N3OS/c1-14-8-10-16(11-9-14)12-18-15(2)23-24(20(18)25)21-22-19(13-26-21)17-6-4-3-5-7-17/h3-13H,1-2H3/b18-12+. The summed E-state index contributed by atoms with van der Waals surface area (Å²) in [6.45, 7) is 3.89. The van der Waals surface area contributed by atoms with Crippen LogP contribution in [0.4, 0.5) is 5.13 Å². The zero-order valence-electron chi connectivity index (χ0n) is 14.5. The molecule has 0 aliphatic carbocycles. The van der Waals surface area contributed by atoms with E-state index in [0.29, 0.717) is 16.4 Å². The van der Waals surface area contributed by atoms with E-state index < -0.39 is 0 Å². The molecule has 4 rings (SSSR count). The van der Waals surface area contributed by atoms with Gasteiger partial charge in [0.15, 0.2) is 0 Å². The second-order valence-electron chi connectivity index (χ2n) is 6.15. The van der Waals surface area contributed by atoms with Gasteiger partial charge in [-0.15, -0.1) is 11.3 Å². The number of rotatable bonds is 3. The predicted molar refractivity (Wildman–Crippen MR) is 107 cm³/mol. The first kappa shape index (κ1) is 16.4. The maximum absolute atomic E-state index is 12.8. The lowest BCUT2D eigenvalue weighted by atomic mass is 10.1. The van der Waals surface area contributed by atoms with Crippen LogP contribution in [0.5, 0.6) is 0 Å². The summed E-state index contributed by atoms with van der Waals surface area (Å²) in [4.78, 5) is 17.4. The van der Waals surface area contributed by atoms with Crippen LogP contribution < -0.4 is 5.01 Å². The predicted octanol–water partition coefficient (Wildman–Crippen LogP) is 4.92. The number of aromatic nitrogens is 1. The number of hydrogen-bond acceptors (Lipinski definition) is 4. The summed E-state index contributed by atoms with van der Waals surface area (Å²) < 4.78 is 0. The fourth-order valence-electron chi connectivity index (χ4n) is 2.75. The molecule has 128 valence electrons. The summed E-state index contributed by atoms with van der Waals surface area (Å²) in [5.74, 6) is -0.142. The average molecular weight is 359 g/mol. The SMILES string of the molecule is CC1=NN(c2nc(-c3ccccc3)cs2)C(=O)/C1=C/c1ccc(C)cc1. The van der Waals surface area contributed by atoms with Gasteiger partial charge in [-0.2, -0.15) is 10.1 Å². The first-order valence-electron chi connectivity index (χ1n) is 8.31. The molecule has 0 radical (unpaired) electrons. The minimum Gasteiger partial charge on any atom is -0.267 e. The lowest BCUT2D eigenvalue weighted by molar-refractivity contribution is -0.114. The van der Waals surface area contributed by atoms with Crippen LogP contribution in [0, 0.1) is 6.92 Å². The Bertz CT molecular complexity index is 1020. The zero-order chi connectivity index (χ0) is 18.1. The average Bonchev–Trinajstić information content (AvgIpc) is 3.25. The molecule has 0 unspecified atom stereocenters. The Morgan fingerprint density at radius 3 is 2.46 bits per heavy atom. The number of anilines is 1. The molecule has 1 aliphatic heterocycles. The van der Waals surface area contributed by atoms with Crippen LogP contribution in [-0.4, -0.2) is 16.6 Å². The van der Waals surface area contributed by atoms with Crippen LogP contribution in [-0.2, 0) is 4.79 Å². The van der Waals surface area contributed by atoms with Crippen LogP contribution in [0.3, 0.4) is 0 Å². The third-order valence-corrected chi connectivity index (χ3v) is 5.01. The van der Waals surface area contributed by atoms with E-state index in [1.165, 1.54) is 21.9 Å². The molecule has 0 spiro atoms. The van der Waals surface area contributed by atoms with Crippen molar-refractivity contribution in [1.82, 2.24) is 4.98 Å². The van der Waals surface area contributed by atoms with Crippen molar-refractivity contribution in [3.05, 3.63) is 76.7 Å². The topological polar surface area (TPSA) is 45.6 Å². The Morgan fingerprint density at radius 1 is 1.00 bits per heavy atom. The van der Waals surface area contributed by atoms with E-state index in [-0.39, 0.29) is 5.91 Å². The smallest absolute Gasteiger partial charge is 0.267 e. The number of aryl methyl sites for hydroxylation is 1. The van der Waals surface area contributed by atoms with Crippen molar-refractivity contribution in [2.45, 2.75) is 13.8 Å². The monoisotopic (exact) mass is 359 g/mol. The molecular formula is C21H17N3OS. The summed E-state index contributed by atoms with van der Waals surface area (Å²) in [7, 11) is 0. The van der Waals surface area contributed by atoms with E-state index in [4.69, 9.17) is 0 Å². The van der Waals surface area contributed by atoms with Crippen molar-refractivity contribution in [1.29, 1.82) is 0 Å². The number of carbonyl (C=O) groups is 1. The van der Waals surface area contributed by atoms with Crippen LogP contribution in [0.1, 0.15) is 18.1 Å². The number of amides is 1. The molecule has 3 aromatic rings. The summed E-state index contributed by atoms with van der Waals surface area (Å²) in [6.07, 6.45) is 1.88. The van der Waals surface area contributed by atoms with Gasteiger partial charge in [-0.1, -0.05) is 60.2 Å². The van der Waals surface area contributed by atoms with Crippen LogP contribution in [0.2, 0.25) is 0 Å². The molecule has 0 saturated heterocycles. The van der Waals surface area contributed by atoms with E-state index in [1.807, 2.05) is 79.9 Å². The minimum absolute atomic E-state index is 0.142. The van der Waals surface area contributed by atoms with E-state index in [0.717, 1.165) is 16.8 Å². The molecular weight excluding hydrogens is 342 g/mol. The number of hydrazone groups is 1. The van der Waals surface area contributed by atoms with E-state index >= 15 is 0 Å². The Morgan fingerprint density at radius 2 is 1.73 bits per heavy atom. The maximum Gasteiger partial charge on any atom is 0.282 e. The summed E-state index contributed by atoms with van der Waals surface area (Å²) in [6, 6.07) is 18.0. The van der Waals surface area contributed by atoms with Crippen molar-refractivity contribution in [3.63, 3.8) is 0 Å². The number of thiazole rings is 1. The number of benzene rings is 2. The Hall–Kier alpha value is -3.05. The van der Waals surface area contributed by atoms with Gasteiger partial charge in [0.25, 0.3) is 5.91 Å². The number of carbonyl (C=O) groups excluding carboxylic acids is 1. The molecule has 1 amide bonds. The van der Waals surface area contributed by atoms with Gasteiger partial charge in [-0.3, -0.25) is 4.79 Å². The van der Waals surface area contributed by atoms with Crippen LogP contribution in [0.25, 0.3) is 17.3 Å².